The van der Waals surface area contributed by atoms with E-state index < -0.39 is 10.9 Å². The maximum Gasteiger partial charge on any atom is 0.337 e. The maximum atomic E-state index is 11.0. The van der Waals surface area contributed by atoms with Crippen LogP contribution in [0.15, 0.2) is 11.8 Å². The van der Waals surface area contributed by atoms with Crippen molar-refractivity contribution < 1.29 is 14.5 Å². The van der Waals surface area contributed by atoms with Gasteiger partial charge in [-0.3, -0.25) is 10.1 Å². The highest BCUT2D eigenvalue weighted by molar-refractivity contribution is 5.82. The molecule has 0 fully saturated rings. The molecule has 0 aliphatic heterocycles. The lowest BCUT2D eigenvalue weighted by Crippen LogP contribution is -2.06. The van der Waals surface area contributed by atoms with Gasteiger partial charge < -0.3 is 4.74 Å². The van der Waals surface area contributed by atoms with Crippen LogP contribution < -0.4 is 0 Å². The molecule has 0 amide bonds. The lowest BCUT2D eigenvalue weighted by molar-refractivity contribution is -0.428. The first-order valence-electron chi connectivity index (χ1n) is 5.00. The fourth-order valence-electron chi connectivity index (χ4n) is 1.05. The molecule has 0 heterocycles. The summed E-state index contributed by atoms with van der Waals surface area (Å²) in [5, 5.41) is 18.9. The second kappa shape index (κ2) is 8.41. The molecule has 0 radical (unpaired) electrons. The molecule has 0 N–H and O–H groups in total. The van der Waals surface area contributed by atoms with E-state index in [4.69, 9.17) is 5.26 Å². The number of hydrogen-bond acceptors (Lipinski definition) is 5. The molecule has 6 heteroatoms. The first-order valence-corrected chi connectivity index (χ1v) is 5.00. The van der Waals surface area contributed by atoms with Crippen LogP contribution >= 0.6 is 0 Å². The van der Waals surface area contributed by atoms with Crippen molar-refractivity contribution in [3.05, 3.63) is 21.9 Å². The highest BCUT2D eigenvalue weighted by atomic mass is 16.6. The largest absolute Gasteiger partial charge is 0.463 e. The topological polar surface area (TPSA) is 93.2 Å². The van der Waals surface area contributed by atoms with Gasteiger partial charge in [0.2, 0.25) is 0 Å². The number of unbranched alkanes of at least 4 members (excludes halogenated alkanes) is 2. The summed E-state index contributed by atoms with van der Waals surface area (Å²) in [6.45, 7) is 1.82. The van der Waals surface area contributed by atoms with Crippen molar-refractivity contribution >= 4 is 5.97 Å². The number of nitrogens with zero attached hydrogens (tertiary/aromatic N) is 2. The SMILES string of the molecule is CCOC(=O)/C=C(/CCCCC#N)[N+](=O)[O-]. The number of carbonyl (C=O) groups is 1. The van der Waals surface area contributed by atoms with Gasteiger partial charge in [0, 0.05) is 12.8 Å². The van der Waals surface area contributed by atoms with E-state index in [-0.39, 0.29) is 18.7 Å². The van der Waals surface area contributed by atoms with Gasteiger partial charge in [0.15, 0.2) is 0 Å². The van der Waals surface area contributed by atoms with E-state index >= 15 is 0 Å². The number of esters is 1. The zero-order valence-electron chi connectivity index (χ0n) is 9.14. The van der Waals surface area contributed by atoms with Crippen molar-refractivity contribution in [2.45, 2.75) is 32.6 Å². The zero-order chi connectivity index (χ0) is 12.4. The summed E-state index contributed by atoms with van der Waals surface area (Å²) < 4.78 is 4.58. The monoisotopic (exact) mass is 226 g/mol. The second-order valence-electron chi connectivity index (χ2n) is 3.01. The average molecular weight is 226 g/mol. The Hall–Kier alpha value is -1.90. The number of ether oxygens (including phenoxy) is 1. The minimum Gasteiger partial charge on any atom is -0.463 e. The Morgan fingerprint density at radius 2 is 2.25 bits per heavy atom. The summed E-state index contributed by atoms with van der Waals surface area (Å²) in [5.41, 5.74) is -0.170. The molecular formula is C10H14N2O4. The predicted octanol–water partition coefficient (Wildman–Crippen LogP) is 1.79. The van der Waals surface area contributed by atoms with Gasteiger partial charge in [-0.2, -0.15) is 5.26 Å². The van der Waals surface area contributed by atoms with Gasteiger partial charge in [0.1, 0.15) is 0 Å². The van der Waals surface area contributed by atoms with Gasteiger partial charge in [-0.15, -0.1) is 0 Å². The Balaban J connectivity index is 4.22. The molecule has 0 bridgehead atoms. The predicted molar refractivity (Wildman–Crippen MR) is 55.8 cm³/mol. The summed E-state index contributed by atoms with van der Waals surface area (Å²) in [4.78, 5) is 21.0. The quantitative estimate of drug-likeness (QED) is 0.217. The van der Waals surface area contributed by atoms with Crippen LogP contribution in [0.3, 0.4) is 0 Å². The Kier molecular flexibility index (Phi) is 7.41. The molecular weight excluding hydrogens is 212 g/mol. The molecule has 0 aromatic rings. The summed E-state index contributed by atoms with van der Waals surface area (Å²) in [5.74, 6) is -0.700. The van der Waals surface area contributed by atoms with Gasteiger partial charge in [0.25, 0.3) is 5.70 Å². The third-order valence-corrected chi connectivity index (χ3v) is 1.78. The van der Waals surface area contributed by atoms with Crippen molar-refractivity contribution in [2.75, 3.05) is 6.61 Å². The number of nitro groups is 1. The normalized spacial score (nSPS) is 10.6. The first kappa shape index (κ1) is 14.1. The Bertz CT molecular complexity index is 317. The molecule has 0 atom stereocenters. The third-order valence-electron chi connectivity index (χ3n) is 1.78. The van der Waals surface area contributed by atoms with Crippen LogP contribution in [0.4, 0.5) is 0 Å². The number of nitriles is 1. The third kappa shape index (κ3) is 6.54. The standard InChI is InChI=1S/C10H14N2O4/c1-2-16-10(13)8-9(12(14)15)6-4-3-5-7-11/h8H,2-6H2,1H3/b9-8-. The van der Waals surface area contributed by atoms with E-state index in [2.05, 4.69) is 4.74 Å². The second-order valence-corrected chi connectivity index (χ2v) is 3.01. The van der Waals surface area contributed by atoms with Crippen LogP contribution in [-0.2, 0) is 9.53 Å². The molecule has 0 aromatic carbocycles. The Labute approximate surface area is 93.7 Å². The number of rotatable bonds is 7. The summed E-state index contributed by atoms with van der Waals surface area (Å²) >= 11 is 0. The average Bonchev–Trinajstić information content (AvgIpc) is 2.22. The lowest BCUT2D eigenvalue weighted by atomic mass is 10.1. The molecule has 6 nitrogen and oxygen atoms in total. The van der Waals surface area contributed by atoms with E-state index in [9.17, 15) is 14.9 Å². The summed E-state index contributed by atoms with van der Waals surface area (Å²) in [6, 6.07) is 1.95. The van der Waals surface area contributed by atoms with Gasteiger partial charge in [-0.1, -0.05) is 0 Å². The number of allylic oxidation sites excluding steroid dienone is 1. The Morgan fingerprint density at radius 3 is 2.75 bits per heavy atom. The molecule has 0 aliphatic rings. The van der Waals surface area contributed by atoms with Gasteiger partial charge in [-0.25, -0.2) is 4.79 Å². The molecule has 0 aliphatic carbocycles. The maximum absolute atomic E-state index is 11.0. The Morgan fingerprint density at radius 1 is 1.56 bits per heavy atom. The van der Waals surface area contributed by atoms with Gasteiger partial charge in [-0.05, 0) is 19.8 Å². The van der Waals surface area contributed by atoms with Crippen molar-refractivity contribution in [2.24, 2.45) is 0 Å². The molecule has 0 saturated carbocycles. The number of hydrogen-bond donors (Lipinski definition) is 0. The van der Waals surface area contributed by atoms with Crippen LogP contribution in [0, 0.1) is 21.4 Å². The molecule has 0 aromatic heterocycles. The molecule has 0 spiro atoms. The highest BCUT2D eigenvalue weighted by Crippen LogP contribution is 2.09. The van der Waals surface area contributed by atoms with Crippen molar-refractivity contribution in [3.8, 4) is 6.07 Å². The first-order chi connectivity index (χ1) is 7.61. The molecule has 88 valence electrons. The van der Waals surface area contributed by atoms with Gasteiger partial charge in [0.05, 0.1) is 23.7 Å². The van der Waals surface area contributed by atoms with E-state index in [1.165, 1.54) is 0 Å². The molecule has 16 heavy (non-hydrogen) atoms. The van der Waals surface area contributed by atoms with E-state index in [0.29, 0.717) is 19.3 Å². The van der Waals surface area contributed by atoms with E-state index in [1.54, 1.807) is 6.92 Å². The minimum atomic E-state index is -0.700. The van der Waals surface area contributed by atoms with Gasteiger partial charge >= 0.3 is 5.97 Å². The number of carbonyl (C=O) groups excluding carboxylic acids is 1. The van der Waals surface area contributed by atoms with E-state index in [1.807, 2.05) is 6.07 Å². The van der Waals surface area contributed by atoms with Crippen LogP contribution in [0.5, 0.6) is 0 Å². The molecule has 0 rings (SSSR count). The van der Waals surface area contributed by atoms with Crippen molar-refractivity contribution in [3.63, 3.8) is 0 Å². The minimum absolute atomic E-state index is 0.170. The van der Waals surface area contributed by atoms with Crippen LogP contribution in [0.2, 0.25) is 0 Å². The fourth-order valence-corrected chi connectivity index (χ4v) is 1.05. The van der Waals surface area contributed by atoms with Crippen molar-refractivity contribution in [1.82, 2.24) is 0 Å². The zero-order valence-corrected chi connectivity index (χ0v) is 9.14. The fraction of sp³-hybridized carbons (Fsp3) is 0.600. The summed E-state index contributed by atoms with van der Waals surface area (Å²) in [7, 11) is 0. The van der Waals surface area contributed by atoms with Crippen molar-refractivity contribution in [1.29, 1.82) is 5.26 Å². The smallest absolute Gasteiger partial charge is 0.337 e. The van der Waals surface area contributed by atoms with Crippen LogP contribution in [-0.4, -0.2) is 17.5 Å². The summed E-state index contributed by atoms with van der Waals surface area (Å²) in [6.07, 6.45) is 2.54. The molecule has 0 saturated heterocycles. The highest BCUT2D eigenvalue weighted by Gasteiger charge is 2.13. The van der Waals surface area contributed by atoms with E-state index in [0.717, 1.165) is 6.08 Å². The molecule has 0 unspecified atom stereocenters. The van der Waals surface area contributed by atoms with Crippen LogP contribution in [0.25, 0.3) is 0 Å². The lowest BCUT2D eigenvalue weighted by Gasteiger charge is -1.98. The van der Waals surface area contributed by atoms with Crippen LogP contribution in [0.1, 0.15) is 32.6 Å².